The van der Waals surface area contributed by atoms with Crippen LogP contribution in [0.5, 0.6) is 5.75 Å². The Labute approximate surface area is 105 Å². The van der Waals surface area contributed by atoms with Crippen LogP contribution in [-0.4, -0.2) is 32.8 Å². The van der Waals surface area contributed by atoms with Gasteiger partial charge < -0.3 is 21.1 Å². The summed E-state index contributed by atoms with van der Waals surface area (Å²) in [6.45, 7) is -1.23. The van der Waals surface area contributed by atoms with Crippen molar-refractivity contribution in [1.29, 1.82) is 0 Å². The van der Waals surface area contributed by atoms with Crippen molar-refractivity contribution < 1.29 is 22.7 Å². The van der Waals surface area contributed by atoms with Gasteiger partial charge in [0.1, 0.15) is 22.1 Å². The lowest BCUT2D eigenvalue weighted by Gasteiger charge is -2.09. The molecule has 0 aliphatic rings. The normalized spacial score (nSPS) is 11.2. The number of nitrogens with one attached hydrogen (secondary N) is 2. The summed E-state index contributed by atoms with van der Waals surface area (Å²) in [6.07, 6.45) is -4.36. The molecule has 1 amide bonds. The van der Waals surface area contributed by atoms with E-state index in [1.807, 2.05) is 0 Å². The van der Waals surface area contributed by atoms with Gasteiger partial charge in [0.05, 0.1) is 7.11 Å². The van der Waals surface area contributed by atoms with Gasteiger partial charge in [-0.05, 0) is 0 Å². The number of hydrogen-bond donors (Lipinski definition) is 3. The number of halogens is 3. The average molecular weight is 283 g/mol. The molecule has 0 bridgehead atoms. The Morgan fingerprint density at radius 2 is 2.11 bits per heavy atom. The molecule has 1 aromatic rings. The SMILES string of the molecule is CNC(=O)c1sc(NCC(F)(F)F)c(OC)c1N. The fourth-order valence-electron chi connectivity index (χ4n) is 1.21. The first-order valence-corrected chi connectivity index (χ1v) is 5.60. The number of carbonyl (C=O) groups is 1. The van der Waals surface area contributed by atoms with Gasteiger partial charge in [0.15, 0.2) is 5.75 Å². The first-order chi connectivity index (χ1) is 8.30. The molecule has 1 rings (SSSR count). The van der Waals surface area contributed by atoms with E-state index in [0.29, 0.717) is 0 Å². The maximum atomic E-state index is 12.1. The Morgan fingerprint density at radius 1 is 1.50 bits per heavy atom. The summed E-state index contributed by atoms with van der Waals surface area (Å²) in [6, 6.07) is 0. The number of methoxy groups -OCH3 is 1. The van der Waals surface area contributed by atoms with E-state index in [1.165, 1.54) is 14.2 Å². The first kappa shape index (κ1) is 14.4. The summed E-state index contributed by atoms with van der Waals surface area (Å²) < 4.78 is 41.2. The Balaban J connectivity index is 3.01. The van der Waals surface area contributed by atoms with Crippen LogP contribution in [0.3, 0.4) is 0 Å². The summed E-state index contributed by atoms with van der Waals surface area (Å²) in [5, 5.41) is 4.57. The van der Waals surface area contributed by atoms with Gasteiger partial charge in [-0.15, -0.1) is 11.3 Å². The highest BCUT2D eigenvalue weighted by Crippen LogP contribution is 2.42. The number of nitrogen functional groups attached to an aromatic ring is 1. The zero-order chi connectivity index (χ0) is 13.9. The second-order valence-corrected chi connectivity index (χ2v) is 4.28. The zero-order valence-electron chi connectivity index (χ0n) is 9.64. The van der Waals surface area contributed by atoms with Crippen LogP contribution in [-0.2, 0) is 0 Å². The minimum absolute atomic E-state index is 0.0199. The number of ether oxygens (including phenoxy) is 1. The Bertz CT molecular complexity index is 445. The summed E-state index contributed by atoms with van der Waals surface area (Å²) in [5.74, 6) is -0.432. The molecule has 0 saturated carbocycles. The maximum Gasteiger partial charge on any atom is 0.405 e. The van der Waals surface area contributed by atoms with E-state index in [9.17, 15) is 18.0 Å². The predicted molar refractivity (Wildman–Crippen MR) is 63.2 cm³/mol. The molecule has 9 heteroatoms. The third kappa shape index (κ3) is 3.19. The number of nitrogens with two attached hydrogens (primary N) is 1. The lowest BCUT2D eigenvalue weighted by Crippen LogP contribution is -2.21. The molecule has 0 atom stereocenters. The van der Waals surface area contributed by atoms with Crippen molar-refractivity contribution in [3.05, 3.63) is 4.88 Å². The van der Waals surface area contributed by atoms with Crippen LogP contribution in [0.4, 0.5) is 23.9 Å². The third-order valence-corrected chi connectivity index (χ3v) is 3.13. The molecule has 0 fully saturated rings. The number of anilines is 2. The third-order valence-electron chi connectivity index (χ3n) is 1.99. The molecule has 0 saturated heterocycles. The molecule has 4 N–H and O–H groups in total. The quantitative estimate of drug-likeness (QED) is 0.785. The Morgan fingerprint density at radius 3 is 2.56 bits per heavy atom. The van der Waals surface area contributed by atoms with Gasteiger partial charge >= 0.3 is 6.18 Å². The monoisotopic (exact) mass is 283 g/mol. The fraction of sp³-hybridized carbons (Fsp3) is 0.444. The number of rotatable bonds is 4. The molecular formula is C9H12F3N3O2S. The van der Waals surface area contributed by atoms with Crippen LogP contribution < -0.4 is 21.1 Å². The maximum absolute atomic E-state index is 12.1. The fourth-order valence-corrected chi connectivity index (χ4v) is 2.24. The van der Waals surface area contributed by atoms with Gasteiger partial charge in [-0.3, -0.25) is 4.79 Å². The molecule has 102 valence electrons. The molecule has 5 nitrogen and oxygen atoms in total. The van der Waals surface area contributed by atoms with Crippen LogP contribution in [0.25, 0.3) is 0 Å². The Hall–Kier alpha value is -1.64. The summed E-state index contributed by atoms with van der Waals surface area (Å²) in [7, 11) is 2.67. The van der Waals surface area contributed by atoms with Crippen LogP contribution >= 0.6 is 11.3 Å². The van der Waals surface area contributed by atoms with Crippen molar-refractivity contribution in [2.75, 3.05) is 31.8 Å². The molecule has 0 radical (unpaired) electrons. The molecule has 0 aliphatic heterocycles. The molecular weight excluding hydrogens is 271 g/mol. The van der Waals surface area contributed by atoms with Gasteiger partial charge in [-0.25, -0.2) is 0 Å². The molecule has 1 heterocycles. The first-order valence-electron chi connectivity index (χ1n) is 4.79. The second-order valence-electron chi connectivity index (χ2n) is 3.26. The number of amides is 1. The molecule has 1 aromatic heterocycles. The summed E-state index contributed by atoms with van der Waals surface area (Å²) in [4.78, 5) is 11.5. The van der Waals surface area contributed by atoms with E-state index >= 15 is 0 Å². The van der Waals surface area contributed by atoms with E-state index in [-0.39, 0.29) is 21.3 Å². The highest BCUT2D eigenvalue weighted by Gasteiger charge is 2.29. The molecule has 0 aliphatic carbocycles. The van der Waals surface area contributed by atoms with Crippen molar-refractivity contribution in [3.63, 3.8) is 0 Å². The van der Waals surface area contributed by atoms with Crippen molar-refractivity contribution >= 4 is 27.9 Å². The van der Waals surface area contributed by atoms with Crippen molar-refractivity contribution in [3.8, 4) is 5.75 Å². The summed E-state index contributed by atoms with van der Waals surface area (Å²) in [5.41, 5.74) is 5.65. The van der Waals surface area contributed by atoms with E-state index in [2.05, 4.69) is 10.6 Å². The Kier molecular flexibility index (Phi) is 4.28. The predicted octanol–water partition coefficient (Wildman–Crippen LogP) is 1.67. The number of hydrogen-bond acceptors (Lipinski definition) is 5. The van der Waals surface area contributed by atoms with Crippen molar-refractivity contribution in [1.82, 2.24) is 5.32 Å². The smallest absolute Gasteiger partial charge is 0.405 e. The zero-order valence-corrected chi connectivity index (χ0v) is 10.5. The molecule has 0 unspecified atom stereocenters. The van der Waals surface area contributed by atoms with Gasteiger partial charge in [0.2, 0.25) is 0 Å². The lowest BCUT2D eigenvalue weighted by molar-refractivity contribution is -0.115. The minimum Gasteiger partial charge on any atom is -0.492 e. The van der Waals surface area contributed by atoms with Crippen LogP contribution in [0.2, 0.25) is 0 Å². The lowest BCUT2D eigenvalue weighted by atomic mass is 10.3. The minimum atomic E-state index is -4.36. The molecule has 0 spiro atoms. The number of thiophene rings is 1. The topological polar surface area (TPSA) is 76.4 Å². The van der Waals surface area contributed by atoms with Crippen LogP contribution in [0.15, 0.2) is 0 Å². The molecule has 0 aromatic carbocycles. The van der Waals surface area contributed by atoms with Gasteiger partial charge in [0, 0.05) is 7.05 Å². The van der Waals surface area contributed by atoms with E-state index < -0.39 is 18.6 Å². The molecule has 18 heavy (non-hydrogen) atoms. The van der Waals surface area contributed by atoms with E-state index in [1.54, 1.807) is 0 Å². The van der Waals surface area contributed by atoms with Crippen molar-refractivity contribution in [2.45, 2.75) is 6.18 Å². The second kappa shape index (κ2) is 5.34. The van der Waals surface area contributed by atoms with Crippen molar-refractivity contribution in [2.24, 2.45) is 0 Å². The van der Waals surface area contributed by atoms with Gasteiger partial charge in [0.25, 0.3) is 5.91 Å². The summed E-state index contributed by atoms with van der Waals surface area (Å²) >= 11 is 0.811. The average Bonchev–Trinajstić information content (AvgIpc) is 2.61. The number of alkyl halides is 3. The van der Waals surface area contributed by atoms with E-state index in [0.717, 1.165) is 11.3 Å². The van der Waals surface area contributed by atoms with Gasteiger partial charge in [-0.2, -0.15) is 13.2 Å². The number of carbonyl (C=O) groups excluding carboxylic acids is 1. The largest absolute Gasteiger partial charge is 0.492 e. The van der Waals surface area contributed by atoms with E-state index in [4.69, 9.17) is 10.5 Å². The van der Waals surface area contributed by atoms with Crippen LogP contribution in [0, 0.1) is 0 Å². The standard InChI is InChI=1S/C9H12F3N3O2S/c1-14-7(16)6-4(13)5(17-2)8(18-6)15-3-9(10,11)12/h15H,3,13H2,1-2H3,(H,14,16). The highest BCUT2D eigenvalue weighted by molar-refractivity contribution is 7.19. The highest BCUT2D eigenvalue weighted by atomic mass is 32.1. The van der Waals surface area contributed by atoms with Crippen LogP contribution in [0.1, 0.15) is 9.67 Å². The van der Waals surface area contributed by atoms with Gasteiger partial charge in [-0.1, -0.05) is 0 Å².